The van der Waals surface area contributed by atoms with Gasteiger partial charge in [0.1, 0.15) is 11.5 Å². The van der Waals surface area contributed by atoms with E-state index in [1.807, 2.05) is 56.3 Å². The van der Waals surface area contributed by atoms with Gasteiger partial charge in [-0.05, 0) is 31.5 Å². The fraction of sp³-hybridized carbons (Fsp3) is 0.167. The van der Waals surface area contributed by atoms with E-state index in [1.165, 1.54) is 0 Å². The number of aromatic nitrogens is 2. The van der Waals surface area contributed by atoms with Crippen molar-refractivity contribution in [1.29, 1.82) is 0 Å². The van der Waals surface area contributed by atoms with Gasteiger partial charge in [-0.1, -0.05) is 30.3 Å². The van der Waals surface area contributed by atoms with Crippen molar-refractivity contribution in [3.05, 3.63) is 54.7 Å². The van der Waals surface area contributed by atoms with Crippen molar-refractivity contribution in [2.75, 3.05) is 0 Å². The Bertz CT molecular complexity index is 764. The molecule has 0 aliphatic carbocycles. The van der Waals surface area contributed by atoms with Crippen LogP contribution >= 0.6 is 0 Å². The zero-order valence-electron chi connectivity index (χ0n) is 12.6. The standard InChI is InChI=1S/C18H18N2O2/c1-12(2)22-14-8-9-15(17(21)10-14)18-16(11-19-20-18)13-6-4-3-5-7-13/h3-12,21H,1-2H3,(H,19,20). The molecular weight excluding hydrogens is 276 g/mol. The van der Waals surface area contributed by atoms with Crippen molar-refractivity contribution in [3.63, 3.8) is 0 Å². The Labute approximate surface area is 129 Å². The van der Waals surface area contributed by atoms with Gasteiger partial charge in [0.15, 0.2) is 0 Å². The molecule has 0 unspecified atom stereocenters. The third-order valence-corrected chi connectivity index (χ3v) is 3.33. The topological polar surface area (TPSA) is 58.1 Å². The van der Waals surface area contributed by atoms with Crippen LogP contribution in [0.5, 0.6) is 11.5 Å². The SMILES string of the molecule is CC(C)Oc1ccc(-c2[nH]ncc2-c2ccccc2)c(O)c1. The summed E-state index contributed by atoms with van der Waals surface area (Å²) in [4.78, 5) is 0. The first-order valence-electron chi connectivity index (χ1n) is 7.24. The van der Waals surface area contributed by atoms with Gasteiger partial charge in [-0.3, -0.25) is 5.10 Å². The van der Waals surface area contributed by atoms with E-state index in [9.17, 15) is 5.11 Å². The van der Waals surface area contributed by atoms with Crippen molar-refractivity contribution >= 4 is 0 Å². The molecule has 3 aromatic rings. The molecule has 4 heteroatoms. The summed E-state index contributed by atoms with van der Waals surface area (Å²) in [5.41, 5.74) is 3.49. The molecule has 4 nitrogen and oxygen atoms in total. The molecule has 0 saturated carbocycles. The van der Waals surface area contributed by atoms with E-state index >= 15 is 0 Å². The van der Waals surface area contributed by atoms with Crippen molar-refractivity contribution < 1.29 is 9.84 Å². The van der Waals surface area contributed by atoms with Crippen LogP contribution < -0.4 is 4.74 Å². The summed E-state index contributed by atoms with van der Waals surface area (Å²) in [7, 11) is 0. The average Bonchev–Trinajstić information content (AvgIpc) is 2.97. The van der Waals surface area contributed by atoms with Crippen LogP contribution in [0.25, 0.3) is 22.4 Å². The minimum absolute atomic E-state index is 0.0669. The van der Waals surface area contributed by atoms with Gasteiger partial charge in [-0.25, -0.2) is 0 Å². The summed E-state index contributed by atoms with van der Waals surface area (Å²) < 4.78 is 5.60. The van der Waals surface area contributed by atoms with Gasteiger partial charge in [-0.2, -0.15) is 5.10 Å². The summed E-state index contributed by atoms with van der Waals surface area (Å²) in [5, 5.41) is 17.4. The van der Waals surface area contributed by atoms with Crippen LogP contribution in [0, 0.1) is 0 Å². The van der Waals surface area contributed by atoms with E-state index in [4.69, 9.17) is 4.74 Å². The molecule has 2 aromatic carbocycles. The van der Waals surface area contributed by atoms with Crippen LogP contribution in [0.1, 0.15) is 13.8 Å². The molecule has 1 aromatic heterocycles. The Kier molecular flexibility index (Phi) is 3.83. The Morgan fingerprint density at radius 3 is 2.50 bits per heavy atom. The van der Waals surface area contributed by atoms with Crippen LogP contribution in [0.2, 0.25) is 0 Å². The zero-order chi connectivity index (χ0) is 15.5. The number of phenols is 1. The van der Waals surface area contributed by atoms with E-state index < -0.39 is 0 Å². The smallest absolute Gasteiger partial charge is 0.128 e. The number of nitrogens with zero attached hydrogens (tertiary/aromatic N) is 1. The van der Waals surface area contributed by atoms with E-state index in [-0.39, 0.29) is 11.9 Å². The van der Waals surface area contributed by atoms with Gasteiger partial charge >= 0.3 is 0 Å². The van der Waals surface area contributed by atoms with E-state index in [0.29, 0.717) is 11.3 Å². The molecule has 0 bridgehead atoms. The summed E-state index contributed by atoms with van der Waals surface area (Å²) in [6.45, 7) is 3.90. The van der Waals surface area contributed by atoms with Crippen molar-refractivity contribution in [3.8, 4) is 33.9 Å². The molecule has 22 heavy (non-hydrogen) atoms. The predicted molar refractivity (Wildman–Crippen MR) is 86.9 cm³/mol. The van der Waals surface area contributed by atoms with E-state index in [0.717, 1.165) is 16.8 Å². The Morgan fingerprint density at radius 2 is 1.82 bits per heavy atom. The highest BCUT2D eigenvalue weighted by atomic mass is 16.5. The molecule has 3 rings (SSSR count). The first kappa shape index (κ1) is 14.2. The number of aromatic hydroxyl groups is 1. The Morgan fingerprint density at radius 1 is 1.05 bits per heavy atom. The normalized spacial score (nSPS) is 10.9. The van der Waals surface area contributed by atoms with Crippen LogP contribution in [-0.4, -0.2) is 21.4 Å². The molecule has 0 saturated heterocycles. The number of nitrogens with one attached hydrogen (secondary N) is 1. The number of hydrogen-bond acceptors (Lipinski definition) is 3. The van der Waals surface area contributed by atoms with E-state index in [2.05, 4.69) is 10.2 Å². The maximum atomic E-state index is 10.3. The molecule has 112 valence electrons. The molecule has 2 N–H and O–H groups in total. The van der Waals surface area contributed by atoms with Gasteiger partial charge in [-0.15, -0.1) is 0 Å². The Hall–Kier alpha value is -2.75. The summed E-state index contributed by atoms with van der Waals surface area (Å²) in [6.07, 6.45) is 1.83. The van der Waals surface area contributed by atoms with Gasteiger partial charge < -0.3 is 9.84 Å². The first-order chi connectivity index (χ1) is 10.6. The quantitative estimate of drug-likeness (QED) is 0.756. The van der Waals surface area contributed by atoms with Crippen LogP contribution in [-0.2, 0) is 0 Å². The number of rotatable bonds is 4. The lowest BCUT2D eigenvalue weighted by atomic mass is 10.0. The highest BCUT2D eigenvalue weighted by Crippen LogP contribution is 2.37. The number of hydrogen-bond donors (Lipinski definition) is 2. The lowest BCUT2D eigenvalue weighted by Gasteiger charge is -2.12. The van der Waals surface area contributed by atoms with Gasteiger partial charge in [0, 0.05) is 17.2 Å². The summed E-state index contributed by atoms with van der Waals surface area (Å²) in [5.74, 6) is 0.816. The van der Waals surface area contributed by atoms with E-state index in [1.54, 1.807) is 12.3 Å². The van der Waals surface area contributed by atoms with Crippen molar-refractivity contribution in [2.45, 2.75) is 20.0 Å². The molecule has 0 radical (unpaired) electrons. The maximum Gasteiger partial charge on any atom is 0.128 e. The molecule has 0 aliphatic rings. The number of phenolic OH excluding ortho intramolecular Hbond substituents is 1. The zero-order valence-corrected chi connectivity index (χ0v) is 12.6. The lowest BCUT2D eigenvalue weighted by molar-refractivity contribution is 0.241. The second-order valence-electron chi connectivity index (χ2n) is 5.37. The predicted octanol–water partition coefficient (Wildman–Crippen LogP) is 4.24. The minimum atomic E-state index is 0.0669. The Balaban J connectivity index is 2.01. The van der Waals surface area contributed by atoms with Crippen molar-refractivity contribution in [1.82, 2.24) is 10.2 Å². The number of H-pyrrole nitrogens is 1. The van der Waals surface area contributed by atoms with Crippen LogP contribution in [0.4, 0.5) is 0 Å². The molecular formula is C18H18N2O2. The second kappa shape index (κ2) is 5.93. The summed E-state index contributed by atoms with van der Waals surface area (Å²) in [6, 6.07) is 15.3. The fourth-order valence-electron chi connectivity index (χ4n) is 2.40. The average molecular weight is 294 g/mol. The molecule has 1 heterocycles. The fourth-order valence-corrected chi connectivity index (χ4v) is 2.40. The largest absolute Gasteiger partial charge is 0.507 e. The van der Waals surface area contributed by atoms with Gasteiger partial charge in [0.25, 0.3) is 0 Å². The monoisotopic (exact) mass is 294 g/mol. The van der Waals surface area contributed by atoms with Gasteiger partial charge in [0.05, 0.1) is 18.0 Å². The number of benzene rings is 2. The van der Waals surface area contributed by atoms with Crippen molar-refractivity contribution in [2.24, 2.45) is 0 Å². The third kappa shape index (κ3) is 2.81. The third-order valence-electron chi connectivity index (χ3n) is 3.33. The molecule has 0 aliphatic heterocycles. The second-order valence-corrected chi connectivity index (χ2v) is 5.37. The van der Waals surface area contributed by atoms with Crippen LogP contribution in [0.3, 0.4) is 0 Å². The molecule has 0 amide bonds. The first-order valence-corrected chi connectivity index (χ1v) is 7.24. The molecule has 0 fully saturated rings. The number of aromatic amines is 1. The van der Waals surface area contributed by atoms with Gasteiger partial charge in [0.2, 0.25) is 0 Å². The molecule has 0 spiro atoms. The number of ether oxygens (including phenoxy) is 1. The highest BCUT2D eigenvalue weighted by Gasteiger charge is 2.14. The lowest BCUT2D eigenvalue weighted by Crippen LogP contribution is -2.05. The molecule has 0 atom stereocenters. The maximum absolute atomic E-state index is 10.3. The highest BCUT2D eigenvalue weighted by molar-refractivity contribution is 5.83. The van der Waals surface area contributed by atoms with Crippen LogP contribution in [0.15, 0.2) is 54.7 Å². The summed E-state index contributed by atoms with van der Waals surface area (Å²) >= 11 is 0. The minimum Gasteiger partial charge on any atom is -0.507 e.